The van der Waals surface area contributed by atoms with Gasteiger partial charge in [0, 0.05) is 48.2 Å². The molecule has 0 fully saturated rings. The minimum atomic E-state index is -3.54. The van der Waals surface area contributed by atoms with Gasteiger partial charge in [-0.25, -0.2) is 13.4 Å². The van der Waals surface area contributed by atoms with E-state index in [1.54, 1.807) is 18.3 Å². The van der Waals surface area contributed by atoms with Crippen molar-refractivity contribution in [1.29, 1.82) is 0 Å². The van der Waals surface area contributed by atoms with Crippen LogP contribution in [0.15, 0.2) is 46.9 Å². The van der Waals surface area contributed by atoms with Crippen molar-refractivity contribution < 1.29 is 13.2 Å². The molecule has 9 heteroatoms. The number of nitrogens with zero attached hydrogens (tertiary/aromatic N) is 2. The van der Waals surface area contributed by atoms with Crippen molar-refractivity contribution in [3.05, 3.63) is 53.2 Å². The molecule has 7 nitrogen and oxygen atoms in total. The Morgan fingerprint density at radius 1 is 1.36 bits per heavy atom. The Kier molecular flexibility index (Phi) is 5.05. The molecule has 0 saturated heterocycles. The number of sulfonamides is 1. The van der Waals surface area contributed by atoms with Crippen LogP contribution in [0.2, 0.25) is 0 Å². The highest BCUT2D eigenvalue weighted by atomic mass is 32.2. The van der Waals surface area contributed by atoms with Crippen LogP contribution in [-0.2, 0) is 21.4 Å². The van der Waals surface area contributed by atoms with E-state index in [1.165, 1.54) is 22.6 Å². The molecule has 1 aliphatic heterocycles. The molecule has 0 unspecified atom stereocenters. The lowest BCUT2D eigenvalue weighted by Gasteiger charge is -2.25. The van der Waals surface area contributed by atoms with Crippen molar-refractivity contribution in [3.63, 3.8) is 0 Å². The number of carbonyl (C=O) groups is 1. The predicted octanol–water partition coefficient (Wildman–Crippen LogP) is 2.74. The molecule has 2 N–H and O–H groups in total. The second-order valence-electron chi connectivity index (χ2n) is 6.57. The molecular weight excluding hydrogens is 396 g/mol. The molecule has 3 aromatic rings. The van der Waals surface area contributed by atoms with Gasteiger partial charge in [-0.1, -0.05) is 6.08 Å². The average Bonchev–Trinajstić information content (AvgIpc) is 3.34. The topological polar surface area (TPSA) is 95.2 Å². The standard InChI is InChI=1S/C19H20N4O3S2/c1-13(24)21-11-15-4-5-18(27-15)28(25,26)23-9-6-14(7-10-23)17-12-22-19-16(17)3-2-8-20-19/h2-6,8,12H,7,9-11H2,1H3,(H,20,22)(H,21,24). The summed E-state index contributed by atoms with van der Waals surface area (Å²) in [4.78, 5) is 19.3. The first-order chi connectivity index (χ1) is 13.4. The number of hydrogen-bond donors (Lipinski definition) is 2. The minimum absolute atomic E-state index is 0.140. The maximum absolute atomic E-state index is 12.9. The molecule has 3 aromatic heterocycles. The number of amides is 1. The number of thiophene rings is 1. The Labute approximate surface area is 167 Å². The zero-order valence-corrected chi connectivity index (χ0v) is 16.9. The zero-order chi connectivity index (χ0) is 19.7. The molecule has 4 rings (SSSR count). The van der Waals surface area contributed by atoms with E-state index in [1.807, 2.05) is 24.4 Å². The number of fused-ring (bicyclic) bond motifs is 1. The molecule has 0 spiro atoms. The summed E-state index contributed by atoms with van der Waals surface area (Å²) in [5.41, 5.74) is 3.04. The van der Waals surface area contributed by atoms with E-state index in [9.17, 15) is 13.2 Å². The van der Waals surface area contributed by atoms with Crippen LogP contribution < -0.4 is 5.32 Å². The van der Waals surface area contributed by atoms with Crippen molar-refractivity contribution in [2.45, 2.75) is 24.1 Å². The Morgan fingerprint density at radius 2 is 2.21 bits per heavy atom. The molecule has 1 amide bonds. The fraction of sp³-hybridized carbons (Fsp3) is 0.263. The van der Waals surface area contributed by atoms with E-state index in [0.29, 0.717) is 30.3 Å². The lowest BCUT2D eigenvalue weighted by atomic mass is 10.0. The van der Waals surface area contributed by atoms with Crippen LogP contribution in [0.1, 0.15) is 23.8 Å². The number of aromatic amines is 1. The number of nitrogens with one attached hydrogen (secondary N) is 2. The molecule has 1 aliphatic rings. The van der Waals surface area contributed by atoms with Gasteiger partial charge >= 0.3 is 0 Å². The average molecular weight is 417 g/mol. The first kappa shape index (κ1) is 18.9. The quantitative estimate of drug-likeness (QED) is 0.669. The van der Waals surface area contributed by atoms with Gasteiger partial charge < -0.3 is 10.3 Å². The first-order valence-corrected chi connectivity index (χ1v) is 11.2. The Bertz CT molecular complexity index is 1160. The van der Waals surface area contributed by atoms with Crippen LogP contribution >= 0.6 is 11.3 Å². The summed E-state index contributed by atoms with van der Waals surface area (Å²) in [7, 11) is -3.54. The summed E-state index contributed by atoms with van der Waals surface area (Å²) < 4.78 is 27.7. The third-order valence-corrected chi connectivity index (χ3v) is 8.13. The second-order valence-corrected chi connectivity index (χ2v) is 9.91. The Morgan fingerprint density at radius 3 is 2.96 bits per heavy atom. The van der Waals surface area contributed by atoms with Crippen LogP contribution in [0, 0.1) is 0 Å². The summed E-state index contributed by atoms with van der Waals surface area (Å²) >= 11 is 1.20. The van der Waals surface area contributed by atoms with Gasteiger partial charge in [-0.05, 0) is 36.3 Å². The summed E-state index contributed by atoms with van der Waals surface area (Å²) in [5, 5.41) is 3.73. The molecule has 0 radical (unpaired) electrons. The highest BCUT2D eigenvalue weighted by Crippen LogP contribution is 2.31. The molecule has 0 saturated carbocycles. The van der Waals surface area contributed by atoms with Crippen molar-refractivity contribution in [2.24, 2.45) is 0 Å². The zero-order valence-electron chi connectivity index (χ0n) is 15.3. The van der Waals surface area contributed by atoms with Gasteiger partial charge in [-0.3, -0.25) is 4.79 Å². The summed E-state index contributed by atoms with van der Waals surface area (Å²) in [6.45, 7) is 2.55. The molecule has 0 aliphatic carbocycles. The maximum atomic E-state index is 12.9. The fourth-order valence-electron chi connectivity index (χ4n) is 3.27. The van der Waals surface area contributed by atoms with Gasteiger partial charge in [0.2, 0.25) is 5.91 Å². The number of hydrogen-bond acceptors (Lipinski definition) is 5. The minimum Gasteiger partial charge on any atom is -0.351 e. The van der Waals surface area contributed by atoms with E-state index >= 15 is 0 Å². The van der Waals surface area contributed by atoms with Crippen molar-refractivity contribution in [3.8, 4) is 0 Å². The molecular formula is C19H20N4O3S2. The third-order valence-electron chi connectivity index (χ3n) is 4.71. The molecule has 0 aromatic carbocycles. The predicted molar refractivity (Wildman–Crippen MR) is 109 cm³/mol. The number of rotatable bonds is 5. The van der Waals surface area contributed by atoms with Gasteiger partial charge in [-0.15, -0.1) is 11.3 Å². The van der Waals surface area contributed by atoms with E-state index < -0.39 is 10.0 Å². The largest absolute Gasteiger partial charge is 0.351 e. The van der Waals surface area contributed by atoms with Crippen molar-refractivity contribution in [1.82, 2.24) is 19.6 Å². The van der Waals surface area contributed by atoms with E-state index in [0.717, 1.165) is 27.0 Å². The normalized spacial score (nSPS) is 15.5. The van der Waals surface area contributed by atoms with E-state index in [-0.39, 0.29) is 5.91 Å². The lowest BCUT2D eigenvalue weighted by molar-refractivity contribution is -0.119. The van der Waals surface area contributed by atoms with Crippen molar-refractivity contribution in [2.75, 3.05) is 13.1 Å². The molecule has 4 heterocycles. The summed E-state index contributed by atoms with van der Waals surface area (Å²) in [5.74, 6) is -0.140. The van der Waals surface area contributed by atoms with Crippen LogP contribution in [0.25, 0.3) is 16.6 Å². The van der Waals surface area contributed by atoms with Gasteiger partial charge in [0.1, 0.15) is 9.86 Å². The summed E-state index contributed by atoms with van der Waals surface area (Å²) in [6, 6.07) is 7.27. The van der Waals surface area contributed by atoms with Gasteiger partial charge in [0.25, 0.3) is 10.0 Å². The monoisotopic (exact) mass is 416 g/mol. The van der Waals surface area contributed by atoms with Crippen LogP contribution in [0.5, 0.6) is 0 Å². The first-order valence-electron chi connectivity index (χ1n) is 8.90. The number of carbonyl (C=O) groups excluding carboxylic acids is 1. The second kappa shape index (κ2) is 7.50. The van der Waals surface area contributed by atoms with Crippen LogP contribution in [0.4, 0.5) is 0 Å². The number of aromatic nitrogens is 2. The van der Waals surface area contributed by atoms with Crippen molar-refractivity contribution >= 4 is 43.9 Å². The third kappa shape index (κ3) is 3.60. The van der Waals surface area contributed by atoms with E-state index in [4.69, 9.17) is 0 Å². The number of H-pyrrole nitrogens is 1. The Balaban J connectivity index is 1.51. The molecule has 0 atom stereocenters. The van der Waals surface area contributed by atoms with Gasteiger partial charge in [-0.2, -0.15) is 4.31 Å². The smallest absolute Gasteiger partial charge is 0.252 e. The maximum Gasteiger partial charge on any atom is 0.252 e. The van der Waals surface area contributed by atoms with Crippen LogP contribution in [0.3, 0.4) is 0 Å². The van der Waals surface area contributed by atoms with Gasteiger partial charge in [0.15, 0.2) is 0 Å². The summed E-state index contributed by atoms with van der Waals surface area (Å²) in [6.07, 6.45) is 6.29. The fourth-order valence-corrected chi connectivity index (χ4v) is 6.10. The highest BCUT2D eigenvalue weighted by Gasteiger charge is 2.28. The lowest BCUT2D eigenvalue weighted by Crippen LogP contribution is -2.34. The SMILES string of the molecule is CC(=O)NCc1ccc(S(=O)(=O)N2CC=C(c3c[nH]c4ncccc34)CC2)s1. The Hall–Kier alpha value is -2.49. The molecule has 0 bridgehead atoms. The van der Waals surface area contributed by atoms with Crippen LogP contribution in [-0.4, -0.2) is 41.7 Å². The molecule has 28 heavy (non-hydrogen) atoms. The number of pyridine rings is 1. The molecule has 146 valence electrons. The van der Waals surface area contributed by atoms with Gasteiger partial charge in [0.05, 0.1) is 6.54 Å². The highest BCUT2D eigenvalue weighted by molar-refractivity contribution is 7.91. The van der Waals surface area contributed by atoms with E-state index in [2.05, 4.69) is 15.3 Å².